The lowest BCUT2D eigenvalue weighted by Crippen LogP contribution is -2.10. The van der Waals surface area contributed by atoms with E-state index < -0.39 is 0 Å². The third kappa shape index (κ3) is 1.74. The van der Waals surface area contributed by atoms with Crippen molar-refractivity contribution < 1.29 is 4.79 Å². The Labute approximate surface area is 124 Å². The number of hydrogen-bond donors (Lipinski definition) is 0. The molecule has 0 amide bonds. The van der Waals surface area contributed by atoms with Crippen molar-refractivity contribution in [3.63, 3.8) is 0 Å². The summed E-state index contributed by atoms with van der Waals surface area (Å²) in [6, 6.07) is 18.5. The van der Waals surface area contributed by atoms with Crippen LogP contribution in [0.2, 0.25) is 0 Å². The van der Waals surface area contributed by atoms with Gasteiger partial charge in [0.2, 0.25) is 0 Å². The zero-order chi connectivity index (χ0) is 14.4. The summed E-state index contributed by atoms with van der Waals surface area (Å²) in [5, 5.41) is 2.29. The summed E-state index contributed by atoms with van der Waals surface area (Å²) in [5.41, 5.74) is 5.29. The zero-order valence-electron chi connectivity index (χ0n) is 12.0. The zero-order valence-corrected chi connectivity index (χ0v) is 12.0. The van der Waals surface area contributed by atoms with Crippen LogP contribution in [0.5, 0.6) is 0 Å². The van der Waals surface area contributed by atoms with Crippen molar-refractivity contribution in [3.8, 4) is 11.1 Å². The lowest BCUT2D eigenvalue weighted by molar-refractivity contribution is 0.104. The first-order chi connectivity index (χ1) is 10.3. The molecule has 0 aliphatic heterocycles. The van der Waals surface area contributed by atoms with E-state index in [2.05, 4.69) is 31.2 Å². The summed E-state index contributed by atoms with van der Waals surface area (Å²) >= 11 is 0. The third-order valence-corrected chi connectivity index (χ3v) is 4.28. The Balaban J connectivity index is 2.15. The van der Waals surface area contributed by atoms with E-state index in [1.54, 1.807) is 0 Å². The Kier molecular flexibility index (Phi) is 2.68. The van der Waals surface area contributed by atoms with Gasteiger partial charge in [-0.2, -0.15) is 0 Å². The number of fused-ring (bicyclic) bond motifs is 2. The predicted octanol–water partition coefficient (Wildman–Crippen LogP) is 5.00. The van der Waals surface area contributed by atoms with Gasteiger partial charge in [0.1, 0.15) is 0 Å². The van der Waals surface area contributed by atoms with Gasteiger partial charge in [-0.05, 0) is 28.5 Å². The summed E-state index contributed by atoms with van der Waals surface area (Å²) in [4.78, 5) is 12.7. The van der Waals surface area contributed by atoms with Crippen molar-refractivity contribution >= 4 is 16.6 Å². The first-order valence-corrected chi connectivity index (χ1v) is 7.49. The molecule has 0 spiro atoms. The Morgan fingerprint density at radius 3 is 2.38 bits per heavy atom. The normalized spacial score (nSPS) is 12.5. The minimum Gasteiger partial charge on any atom is -0.289 e. The monoisotopic (exact) mass is 272 g/mol. The summed E-state index contributed by atoms with van der Waals surface area (Å²) in [5.74, 6) is 0.145. The summed E-state index contributed by atoms with van der Waals surface area (Å²) in [6.07, 6.45) is 2.20. The second kappa shape index (κ2) is 4.56. The van der Waals surface area contributed by atoms with E-state index in [0.717, 1.165) is 34.9 Å². The largest absolute Gasteiger partial charge is 0.289 e. The smallest absolute Gasteiger partial charge is 0.194 e. The molecule has 0 unspecified atom stereocenters. The maximum atomic E-state index is 12.7. The van der Waals surface area contributed by atoms with Crippen molar-refractivity contribution in [1.82, 2.24) is 0 Å². The lowest BCUT2D eigenvalue weighted by Gasteiger charge is -2.20. The molecule has 0 N–H and O–H groups in total. The standard InChI is InChI=1S/C20H16O/c1-2-6-13-11-14-7-5-10-17-19(14)18(12-13)15-8-3-4-9-16(15)20(17)21/h3-5,7-12H,2,6H2,1H3. The highest BCUT2D eigenvalue weighted by atomic mass is 16.1. The maximum Gasteiger partial charge on any atom is 0.194 e. The average molecular weight is 272 g/mol. The molecule has 0 aromatic heterocycles. The van der Waals surface area contributed by atoms with Gasteiger partial charge in [0.15, 0.2) is 5.78 Å². The van der Waals surface area contributed by atoms with Gasteiger partial charge >= 0.3 is 0 Å². The van der Waals surface area contributed by atoms with E-state index in [4.69, 9.17) is 0 Å². The lowest BCUT2D eigenvalue weighted by atomic mass is 9.82. The second-order valence-corrected chi connectivity index (χ2v) is 5.67. The van der Waals surface area contributed by atoms with Crippen LogP contribution in [0.1, 0.15) is 34.8 Å². The molecule has 21 heavy (non-hydrogen) atoms. The molecule has 1 aliphatic rings. The third-order valence-electron chi connectivity index (χ3n) is 4.28. The van der Waals surface area contributed by atoms with E-state index in [1.807, 2.05) is 30.3 Å². The van der Waals surface area contributed by atoms with Crippen LogP contribution in [-0.2, 0) is 6.42 Å². The van der Waals surface area contributed by atoms with Crippen LogP contribution < -0.4 is 0 Å². The molecule has 102 valence electrons. The van der Waals surface area contributed by atoms with Crippen LogP contribution in [0, 0.1) is 0 Å². The topological polar surface area (TPSA) is 17.1 Å². The Morgan fingerprint density at radius 2 is 1.57 bits per heavy atom. The van der Waals surface area contributed by atoms with Crippen molar-refractivity contribution in [3.05, 3.63) is 71.3 Å². The number of hydrogen-bond acceptors (Lipinski definition) is 1. The molecule has 0 bridgehead atoms. The van der Waals surface area contributed by atoms with Gasteiger partial charge in [0.05, 0.1) is 0 Å². The van der Waals surface area contributed by atoms with Gasteiger partial charge in [0, 0.05) is 16.5 Å². The van der Waals surface area contributed by atoms with Gasteiger partial charge in [-0.25, -0.2) is 0 Å². The molecule has 0 fully saturated rings. The van der Waals surface area contributed by atoms with Crippen LogP contribution in [0.15, 0.2) is 54.6 Å². The molecule has 3 aromatic rings. The number of aryl methyl sites for hydroxylation is 1. The second-order valence-electron chi connectivity index (χ2n) is 5.67. The number of carbonyl (C=O) groups is 1. The molecule has 4 rings (SSSR count). The molecule has 1 heteroatoms. The van der Waals surface area contributed by atoms with Gasteiger partial charge in [-0.1, -0.05) is 67.9 Å². The molecule has 0 radical (unpaired) electrons. The van der Waals surface area contributed by atoms with Crippen molar-refractivity contribution in [2.75, 3.05) is 0 Å². The minimum absolute atomic E-state index is 0.145. The highest BCUT2D eigenvalue weighted by Gasteiger charge is 2.24. The maximum absolute atomic E-state index is 12.7. The summed E-state index contributed by atoms with van der Waals surface area (Å²) in [6.45, 7) is 2.20. The molecule has 0 heterocycles. The molecule has 0 saturated heterocycles. The predicted molar refractivity (Wildman–Crippen MR) is 86.8 cm³/mol. The number of carbonyl (C=O) groups excluding carboxylic acids is 1. The summed E-state index contributed by atoms with van der Waals surface area (Å²) in [7, 11) is 0. The first-order valence-electron chi connectivity index (χ1n) is 7.49. The van der Waals surface area contributed by atoms with Crippen LogP contribution in [-0.4, -0.2) is 5.78 Å². The van der Waals surface area contributed by atoms with Crippen molar-refractivity contribution in [2.24, 2.45) is 0 Å². The summed E-state index contributed by atoms with van der Waals surface area (Å²) < 4.78 is 0. The van der Waals surface area contributed by atoms with E-state index >= 15 is 0 Å². The fourth-order valence-corrected chi connectivity index (χ4v) is 3.39. The van der Waals surface area contributed by atoms with E-state index in [9.17, 15) is 4.79 Å². The van der Waals surface area contributed by atoms with Crippen LogP contribution in [0.4, 0.5) is 0 Å². The quantitative estimate of drug-likeness (QED) is 0.501. The molecular weight excluding hydrogens is 256 g/mol. The van der Waals surface area contributed by atoms with Crippen LogP contribution in [0.25, 0.3) is 21.9 Å². The van der Waals surface area contributed by atoms with Gasteiger partial charge in [-0.3, -0.25) is 4.79 Å². The Bertz CT molecular complexity index is 874. The molecule has 0 atom stereocenters. The van der Waals surface area contributed by atoms with Gasteiger partial charge in [-0.15, -0.1) is 0 Å². The fraction of sp³-hybridized carbons (Fsp3) is 0.150. The van der Waals surface area contributed by atoms with E-state index in [-0.39, 0.29) is 5.78 Å². The molecule has 1 nitrogen and oxygen atoms in total. The molecule has 3 aromatic carbocycles. The number of benzene rings is 3. The van der Waals surface area contributed by atoms with Crippen LogP contribution in [0.3, 0.4) is 0 Å². The van der Waals surface area contributed by atoms with Crippen molar-refractivity contribution in [1.29, 1.82) is 0 Å². The molecular formula is C20H16O. The van der Waals surface area contributed by atoms with Crippen molar-refractivity contribution in [2.45, 2.75) is 19.8 Å². The first kappa shape index (κ1) is 12.3. The van der Waals surface area contributed by atoms with E-state index in [0.29, 0.717) is 0 Å². The minimum atomic E-state index is 0.145. The van der Waals surface area contributed by atoms with Crippen LogP contribution >= 0.6 is 0 Å². The van der Waals surface area contributed by atoms with E-state index in [1.165, 1.54) is 16.5 Å². The number of ketones is 1. The molecule has 1 aliphatic carbocycles. The highest BCUT2D eigenvalue weighted by molar-refractivity contribution is 6.25. The SMILES string of the molecule is CCCc1cc2c3c(cccc3c1)C(=O)c1ccccc1-2. The number of rotatable bonds is 2. The van der Waals surface area contributed by atoms with Gasteiger partial charge in [0.25, 0.3) is 0 Å². The molecule has 0 saturated carbocycles. The Hall–Kier alpha value is -2.41. The highest BCUT2D eigenvalue weighted by Crippen LogP contribution is 2.40. The Morgan fingerprint density at radius 1 is 0.810 bits per heavy atom. The fourth-order valence-electron chi connectivity index (χ4n) is 3.39. The van der Waals surface area contributed by atoms with Gasteiger partial charge < -0.3 is 0 Å². The average Bonchev–Trinajstić information content (AvgIpc) is 2.52.